The Hall–Kier alpha value is -2.83. The number of fused-ring (bicyclic) bond motifs is 1. The maximum Gasteiger partial charge on any atom is 0.200 e. The molecule has 1 N–H and O–H groups in total. The number of rotatable bonds is 6. The van der Waals surface area contributed by atoms with E-state index in [0.29, 0.717) is 12.3 Å². The zero-order chi connectivity index (χ0) is 16.2. The van der Waals surface area contributed by atoms with Crippen molar-refractivity contribution in [2.75, 3.05) is 19.0 Å². The number of nitrogens with zero attached hydrogens (tertiary/aromatic N) is 4. The number of aromatic nitrogens is 4. The average molecular weight is 313 g/mol. The van der Waals surface area contributed by atoms with E-state index in [0.717, 1.165) is 22.9 Å². The van der Waals surface area contributed by atoms with E-state index in [2.05, 4.69) is 20.6 Å². The van der Waals surface area contributed by atoms with Gasteiger partial charge in [0.15, 0.2) is 11.5 Å². The first-order valence-electron chi connectivity index (χ1n) is 7.37. The fraction of sp³-hybridized carbons (Fsp3) is 0.312. The number of aryl methyl sites for hydroxylation is 1. The molecule has 0 spiro atoms. The number of para-hydroxylation sites is 2. The first kappa shape index (κ1) is 15.1. The molecule has 1 atom stereocenters. The van der Waals surface area contributed by atoms with Crippen LogP contribution in [0.25, 0.3) is 5.65 Å². The van der Waals surface area contributed by atoms with Gasteiger partial charge in [-0.05, 0) is 32.0 Å². The highest BCUT2D eigenvalue weighted by Crippen LogP contribution is 2.26. The summed E-state index contributed by atoms with van der Waals surface area (Å²) >= 11 is 0. The SMILES string of the molecule is COc1ccccc1OCC(C)Nc1cc(C)nn2cnnc12. The van der Waals surface area contributed by atoms with Crippen molar-refractivity contribution in [2.24, 2.45) is 0 Å². The van der Waals surface area contributed by atoms with Crippen LogP contribution >= 0.6 is 0 Å². The fourth-order valence-electron chi connectivity index (χ4n) is 2.32. The third-order valence-corrected chi connectivity index (χ3v) is 3.35. The first-order chi connectivity index (χ1) is 11.2. The molecular weight excluding hydrogens is 294 g/mol. The maximum absolute atomic E-state index is 5.84. The van der Waals surface area contributed by atoms with Gasteiger partial charge in [-0.2, -0.15) is 9.61 Å². The van der Waals surface area contributed by atoms with Crippen molar-refractivity contribution in [3.8, 4) is 11.5 Å². The summed E-state index contributed by atoms with van der Waals surface area (Å²) in [7, 11) is 1.63. The molecule has 0 amide bonds. The Balaban J connectivity index is 1.69. The molecule has 120 valence electrons. The van der Waals surface area contributed by atoms with Crippen molar-refractivity contribution in [1.29, 1.82) is 0 Å². The third kappa shape index (κ3) is 3.33. The highest BCUT2D eigenvalue weighted by Gasteiger charge is 2.11. The summed E-state index contributed by atoms with van der Waals surface area (Å²) in [6, 6.07) is 9.61. The van der Waals surface area contributed by atoms with Crippen molar-refractivity contribution >= 4 is 11.3 Å². The summed E-state index contributed by atoms with van der Waals surface area (Å²) in [5.41, 5.74) is 2.46. The predicted molar refractivity (Wildman–Crippen MR) is 87.1 cm³/mol. The Kier molecular flexibility index (Phi) is 4.27. The molecule has 0 aliphatic heterocycles. The van der Waals surface area contributed by atoms with Gasteiger partial charge < -0.3 is 14.8 Å². The summed E-state index contributed by atoms with van der Waals surface area (Å²) in [6.45, 7) is 4.46. The fourth-order valence-corrected chi connectivity index (χ4v) is 2.32. The standard InChI is InChI=1S/C16H19N5O2/c1-11-8-13(16-19-17-10-21(16)20-11)18-12(2)9-23-15-7-5-4-6-14(15)22-3/h4-8,10,12,18H,9H2,1-3H3. The molecule has 0 aliphatic carbocycles. The minimum absolute atomic E-state index is 0.0715. The zero-order valence-corrected chi connectivity index (χ0v) is 13.4. The smallest absolute Gasteiger partial charge is 0.200 e. The van der Waals surface area contributed by atoms with Gasteiger partial charge in [0.2, 0.25) is 5.65 Å². The second kappa shape index (κ2) is 6.51. The molecular formula is C16H19N5O2. The maximum atomic E-state index is 5.84. The molecule has 0 aliphatic rings. The summed E-state index contributed by atoms with van der Waals surface area (Å²) in [6.07, 6.45) is 1.59. The van der Waals surface area contributed by atoms with Crippen LogP contribution in [-0.4, -0.2) is 39.6 Å². The minimum atomic E-state index is 0.0715. The van der Waals surface area contributed by atoms with Crippen LogP contribution in [0.2, 0.25) is 0 Å². The van der Waals surface area contributed by atoms with Gasteiger partial charge in [0.05, 0.1) is 24.5 Å². The summed E-state index contributed by atoms with van der Waals surface area (Å²) in [4.78, 5) is 0. The van der Waals surface area contributed by atoms with E-state index < -0.39 is 0 Å². The second-order valence-corrected chi connectivity index (χ2v) is 5.31. The van der Waals surface area contributed by atoms with Gasteiger partial charge in [-0.25, -0.2) is 0 Å². The lowest BCUT2D eigenvalue weighted by Gasteiger charge is -2.17. The van der Waals surface area contributed by atoms with Crippen molar-refractivity contribution in [3.63, 3.8) is 0 Å². The van der Waals surface area contributed by atoms with E-state index in [4.69, 9.17) is 9.47 Å². The molecule has 3 aromatic rings. The van der Waals surface area contributed by atoms with Crippen LogP contribution in [-0.2, 0) is 0 Å². The third-order valence-electron chi connectivity index (χ3n) is 3.35. The van der Waals surface area contributed by atoms with Gasteiger partial charge in [0, 0.05) is 0 Å². The van der Waals surface area contributed by atoms with Crippen molar-refractivity contribution in [2.45, 2.75) is 19.9 Å². The monoisotopic (exact) mass is 313 g/mol. The molecule has 0 saturated heterocycles. The zero-order valence-electron chi connectivity index (χ0n) is 13.4. The van der Waals surface area contributed by atoms with Gasteiger partial charge in [0.1, 0.15) is 12.9 Å². The molecule has 0 radical (unpaired) electrons. The number of ether oxygens (including phenoxy) is 2. The predicted octanol–water partition coefficient (Wildman–Crippen LogP) is 2.32. The van der Waals surface area contributed by atoms with Crippen LogP contribution in [0.4, 0.5) is 5.69 Å². The molecule has 7 nitrogen and oxygen atoms in total. The van der Waals surface area contributed by atoms with E-state index in [-0.39, 0.29) is 6.04 Å². The quantitative estimate of drug-likeness (QED) is 0.753. The van der Waals surface area contributed by atoms with Gasteiger partial charge in [-0.15, -0.1) is 10.2 Å². The number of hydrogen-bond donors (Lipinski definition) is 1. The van der Waals surface area contributed by atoms with Crippen LogP contribution in [0.15, 0.2) is 36.7 Å². The first-order valence-corrected chi connectivity index (χ1v) is 7.37. The number of hydrogen-bond acceptors (Lipinski definition) is 6. The summed E-state index contributed by atoms with van der Waals surface area (Å²) in [5.74, 6) is 1.45. The average Bonchev–Trinajstić information content (AvgIpc) is 3.01. The molecule has 7 heteroatoms. The Labute approximate surface area is 134 Å². The number of benzene rings is 1. The summed E-state index contributed by atoms with van der Waals surface area (Å²) < 4.78 is 12.8. The van der Waals surface area contributed by atoms with Crippen LogP contribution in [0.5, 0.6) is 11.5 Å². The van der Waals surface area contributed by atoms with E-state index in [9.17, 15) is 0 Å². The van der Waals surface area contributed by atoms with Crippen LogP contribution in [0, 0.1) is 6.92 Å². The molecule has 0 bridgehead atoms. The minimum Gasteiger partial charge on any atom is -0.493 e. The topological polar surface area (TPSA) is 73.6 Å². The highest BCUT2D eigenvalue weighted by atomic mass is 16.5. The summed E-state index contributed by atoms with van der Waals surface area (Å²) in [5, 5.41) is 15.7. The van der Waals surface area contributed by atoms with E-state index in [1.165, 1.54) is 0 Å². The van der Waals surface area contributed by atoms with Crippen molar-refractivity contribution in [3.05, 3.63) is 42.4 Å². The molecule has 0 fully saturated rings. The van der Waals surface area contributed by atoms with E-state index >= 15 is 0 Å². The molecule has 0 saturated carbocycles. The van der Waals surface area contributed by atoms with E-state index in [1.54, 1.807) is 18.0 Å². The van der Waals surface area contributed by atoms with Crippen LogP contribution in [0.3, 0.4) is 0 Å². The lowest BCUT2D eigenvalue weighted by Crippen LogP contribution is -2.24. The molecule has 2 aromatic heterocycles. The Bertz CT molecular complexity index is 802. The Morgan fingerprint density at radius 2 is 2.04 bits per heavy atom. The molecule has 3 rings (SSSR count). The van der Waals surface area contributed by atoms with E-state index in [1.807, 2.05) is 44.2 Å². The number of nitrogens with one attached hydrogen (secondary N) is 1. The van der Waals surface area contributed by atoms with Crippen LogP contribution < -0.4 is 14.8 Å². The molecule has 1 unspecified atom stereocenters. The van der Waals surface area contributed by atoms with Gasteiger partial charge >= 0.3 is 0 Å². The number of methoxy groups -OCH3 is 1. The largest absolute Gasteiger partial charge is 0.493 e. The molecule has 2 heterocycles. The normalized spacial score (nSPS) is 12.1. The van der Waals surface area contributed by atoms with Crippen molar-refractivity contribution in [1.82, 2.24) is 19.8 Å². The number of anilines is 1. The van der Waals surface area contributed by atoms with Crippen LogP contribution in [0.1, 0.15) is 12.6 Å². The highest BCUT2D eigenvalue weighted by molar-refractivity contribution is 5.66. The molecule has 1 aromatic carbocycles. The second-order valence-electron chi connectivity index (χ2n) is 5.31. The van der Waals surface area contributed by atoms with Crippen molar-refractivity contribution < 1.29 is 9.47 Å². The lowest BCUT2D eigenvalue weighted by molar-refractivity contribution is 0.284. The van der Waals surface area contributed by atoms with Gasteiger partial charge in [-0.1, -0.05) is 12.1 Å². The Morgan fingerprint density at radius 1 is 1.26 bits per heavy atom. The van der Waals surface area contributed by atoms with Gasteiger partial charge in [0.25, 0.3) is 0 Å². The molecule has 23 heavy (non-hydrogen) atoms. The lowest BCUT2D eigenvalue weighted by atomic mass is 10.3. The van der Waals surface area contributed by atoms with Gasteiger partial charge in [-0.3, -0.25) is 0 Å². The Morgan fingerprint density at radius 3 is 2.83 bits per heavy atom.